The molecule has 196 valence electrons. The van der Waals surface area contributed by atoms with Crippen LogP contribution in [0.4, 0.5) is 0 Å². The third-order valence-corrected chi connectivity index (χ3v) is 7.34. The number of benzene rings is 2. The molecule has 0 aliphatic heterocycles. The average Bonchev–Trinajstić information content (AvgIpc) is 3.14. The van der Waals surface area contributed by atoms with E-state index < -0.39 is 5.60 Å². The fourth-order valence-electron chi connectivity index (χ4n) is 5.11. The molecule has 1 heterocycles. The molecule has 3 N–H and O–H groups in total. The molecular weight excluding hydrogens is 534 g/mol. The highest BCUT2D eigenvalue weighted by molar-refractivity contribution is 9.10. The number of hydrazone groups is 1. The van der Waals surface area contributed by atoms with Gasteiger partial charge in [-0.1, -0.05) is 47.1 Å². The van der Waals surface area contributed by atoms with Crippen molar-refractivity contribution in [3.63, 3.8) is 0 Å². The van der Waals surface area contributed by atoms with Gasteiger partial charge < -0.3 is 10.4 Å². The maximum Gasteiger partial charge on any atom is 0.272 e. The number of halogens is 1. The van der Waals surface area contributed by atoms with Gasteiger partial charge in [0.15, 0.2) is 5.69 Å². The minimum atomic E-state index is -0.964. The van der Waals surface area contributed by atoms with Crippen molar-refractivity contribution < 1.29 is 14.7 Å². The monoisotopic (exact) mass is 567 g/mol. The van der Waals surface area contributed by atoms with Crippen molar-refractivity contribution in [3.05, 3.63) is 63.8 Å². The molecule has 0 saturated heterocycles. The second kappa shape index (κ2) is 11.1. The van der Waals surface area contributed by atoms with Crippen LogP contribution in [0.15, 0.2) is 52.0 Å². The lowest BCUT2D eigenvalue weighted by molar-refractivity contribution is -0.109. The Balaban J connectivity index is 1.40. The third kappa shape index (κ3) is 6.45. The van der Waals surface area contributed by atoms with Crippen molar-refractivity contribution >= 4 is 44.9 Å². The average molecular weight is 569 g/mol. The highest BCUT2D eigenvalue weighted by Crippen LogP contribution is 2.35. The number of hydrogen-bond donors (Lipinski definition) is 3. The highest BCUT2D eigenvalue weighted by atomic mass is 79.9. The van der Waals surface area contributed by atoms with Gasteiger partial charge in [0, 0.05) is 27.4 Å². The molecule has 1 aliphatic rings. The molecule has 37 heavy (non-hydrogen) atoms. The Morgan fingerprint density at radius 1 is 1.30 bits per heavy atom. The molecule has 0 bridgehead atoms. The normalized spacial score (nSPS) is 18.8. The number of aliphatic hydroxyl groups is 1. The van der Waals surface area contributed by atoms with Crippen LogP contribution in [-0.4, -0.2) is 44.6 Å². The lowest BCUT2D eigenvalue weighted by Gasteiger charge is -2.37. The first-order valence-electron chi connectivity index (χ1n) is 12.6. The summed E-state index contributed by atoms with van der Waals surface area (Å²) in [6.07, 6.45) is 3.26. The maximum atomic E-state index is 13.2. The van der Waals surface area contributed by atoms with Gasteiger partial charge in [0.1, 0.15) is 0 Å². The number of amides is 2. The van der Waals surface area contributed by atoms with E-state index >= 15 is 0 Å². The van der Waals surface area contributed by atoms with E-state index in [0.717, 1.165) is 51.5 Å². The van der Waals surface area contributed by atoms with Gasteiger partial charge in [0.05, 0.1) is 23.4 Å². The molecule has 4 rings (SSSR count). The lowest BCUT2D eigenvalue weighted by Crippen LogP contribution is -2.45. The SMILES string of the molecule is Cc1ccccc1/C(=N\NC=O)[C@@H](C)CC1CC(NC(=O)c2nn(CC(C)(C)O)c3cc(Br)ccc23)C1. The topological polar surface area (TPSA) is 109 Å². The number of nitrogens with zero attached hydrogens (tertiary/aromatic N) is 3. The molecule has 0 unspecified atom stereocenters. The molecule has 0 radical (unpaired) electrons. The zero-order chi connectivity index (χ0) is 26.7. The summed E-state index contributed by atoms with van der Waals surface area (Å²) in [4.78, 5) is 24.1. The molecule has 1 fully saturated rings. The Kier molecular flexibility index (Phi) is 8.14. The summed E-state index contributed by atoms with van der Waals surface area (Å²) in [7, 11) is 0. The second-order valence-corrected chi connectivity index (χ2v) is 11.6. The van der Waals surface area contributed by atoms with E-state index in [1.54, 1.807) is 18.5 Å². The highest BCUT2D eigenvalue weighted by Gasteiger charge is 2.33. The first kappa shape index (κ1) is 27.0. The van der Waals surface area contributed by atoms with Crippen LogP contribution in [0.3, 0.4) is 0 Å². The van der Waals surface area contributed by atoms with Gasteiger partial charge in [-0.2, -0.15) is 10.2 Å². The van der Waals surface area contributed by atoms with E-state index in [1.165, 1.54) is 0 Å². The lowest BCUT2D eigenvalue weighted by atomic mass is 9.74. The van der Waals surface area contributed by atoms with Crippen molar-refractivity contribution in [1.82, 2.24) is 20.5 Å². The molecule has 1 saturated carbocycles. The van der Waals surface area contributed by atoms with E-state index in [-0.39, 0.29) is 24.4 Å². The van der Waals surface area contributed by atoms with Crippen LogP contribution in [0.5, 0.6) is 0 Å². The van der Waals surface area contributed by atoms with Crippen LogP contribution in [0, 0.1) is 18.8 Å². The minimum absolute atomic E-state index is 0.0848. The van der Waals surface area contributed by atoms with Gasteiger partial charge in [-0.3, -0.25) is 14.3 Å². The quantitative estimate of drug-likeness (QED) is 0.189. The van der Waals surface area contributed by atoms with Crippen LogP contribution in [0.2, 0.25) is 0 Å². The number of carbonyl (C=O) groups excluding carboxylic acids is 2. The van der Waals surface area contributed by atoms with Crippen LogP contribution in [-0.2, 0) is 11.3 Å². The summed E-state index contributed by atoms with van der Waals surface area (Å²) >= 11 is 3.49. The molecule has 1 aliphatic carbocycles. The zero-order valence-electron chi connectivity index (χ0n) is 21.7. The molecule has 9 heteroatoms. The number of hydrogen-bond acceptors (Lipinski definition) is 5. The van der Waals surface area contributed by atoms with Gasteiger partial charge in [-0.05, 0) is 69.7 Å². The maximum absolute atomic E-state index is 13.2. The molecular formula is C28H34BrN5O3. The van der Waals surface area contributed by atoms with Crippen molar-refractivity contribution in [1.29, 1.82) is 0 Å². The van der Waals surface area contributed by atoms with Crippen molar-refractivity contribution in [3.8, 4) is 0 Å². The summed E-state index contributed by atoms with van der Waals surface area (Å²) in [6, 6.07) is 13.8. The van der Waals surface area contributed by atoms with Gasteiger partial charge in [-0.15, -0.1) is 0 Å². The number of rotatable bonds is 10. The number of carbonyl (C=O) groups is 2. The number of fused-ring (bicyclic) bond motifs is 1. The number of aromatic nitrogens is 2. The van der Waals surface area contributed by atoms with Crippen molar-refractivity contribution in [2.24, 2.45) is 16.9 Å². The molecule has 2 amide bonds. The predicted octanol–water partition coefficient (Wildman–Crippen LogP) is 4.56. The first-order chi connectivity index (χ1) is 17.6. The largest absolute Gasteiger partial charge is 0.389 e. The number of aryl methyl sites for hydroxylation is 1. The first-order valence-corrected chi connectivity index (χ1v) is 13.4. The Hall–Kier alpha value is -3.04. The van der Waals surface area contributed by atoms with E-state index in [2.05, 4.69) is 43.8 Å². The zero-order valence-corrected chi connectivity index (χ0v) is 23.2. The summed E-state index contributed by atoms with van der Waals surface area (Å²) in [5, 5.41) is 23.1. The molecule has 0 spiro atoms. The van der Waals surface area contributed by atoms with Gasteiger partial charge >= 0.3 is 0 Å². The van der Waals surface area contributed by atoms with E-state index in [0.29, 0.717) is 18.0 Å². The van der Waals surface area contributed by atoms with Gasteiger partial charge in [0.2, 0.25) is 6.41 Å². The Labute approximate surface area is 225 Å². The molecule has 1 aromatic heterocycles. The fraction of sp³-hybridized carbons (Fsp3) is 0.429. The summed E-state index contributed by atoms with van der Waals surface area (Å²) < 4.78 is 2.58. The Morgan fingerprint density at radius 3 is 2.70 bits per heavy atom. The van der Waals surface area contributed by atoms with Gasteiger partial charge in [0.25, 0.3) is 5.91 Å². The molecule has 1 atom stereocenters. The van der Waals surface area contributed by atoms with E-state index in [4.69, 9.17) is 0 Å². The van der Waals surface area contributed by atoms with E-state index in [9.17, 15) is 14.7 Å². The summed E-state index contributed by atoms with van der Waals surface area (Å²) in [5.41, 5.74) is 5.70. The molecule has 3 aromatic rings. The second-order valence-electron chi connectivity index (χ2n) is 10.7. The summed E-state index contributed by atoms with van der Waals surface area (Å²) in [6.45, 7) is 7.89. The van der Waals surface area contributed by atoms with Crippen LogP contribution >= 0.6 is 15.9 Å². The van der Waals surface area contributed by atoms with Crippen LogP contribution in [0.25, 0.3) is 10.9 Å². The smallest absolute Gasteiger partial charge is 0.272 e. The van der Waals surface area contributed by atoms with Crippen molar-refractivity contribution in [2.45, 2.75) is 65.1 Å². The van der Waals surface area contributed by atoms with Crippen LogP contribution in [0.1, 0.15) is 61.6 Å². The van der Waals surface area contributed by atoms with E-state index in [1.807, 2.05) is 49.4 Å². The summed E-state index contributed by atoms with van der Waals surface area (Å²) in [5.74, 6) is 0.400. The van der Waals surface area contributed by atoms with Crippen LogP contribution < -0.4 is 10.7 Å². The molecule has 2 aromatic carbocycles. The Morgan fingerprint density at radius 2 is 2.03 bits per heavy atom. The standard InChI is InChI=1S/C28H34BrN5O3/c1-17-7-5-6-8-22(17)25(32-30-16-35)18(2)11-19-12-21(13-19)31-27(36)26-23-10-9-20(29)14-24(23)34(33-26)15-28(3,4)37/h5-10,14,16,18-19,21,37H,11-13,15H2,1-4H3,(H,30,35)(H,31,36)/b32-25-/t18-,19?,21?/m0/s1. The Bertz CT molecular complexity index is 1320. The van der Waals surface area contributed by atoms with Gasteiger partial charge in [-0.25, -0.2) is 5.43 Å². The minimum Gasteiger partial charge on any atom is -0.389 e. The predicted molar refractivity (Wildman–Crippen MR) is 148 cm³/mol. The third-order valence-electron chi connectivity index (χ3n) is 6.85. The van der Waals surface area contributed by atoms with Crippen molar-refractivity contribution in [2.75, 3.05) is 0 Å². The fourth-order valence-corrected chi connectivity index (χ4v) is 5.45. The number of nitrogens with one attached hydrogen (secondary N) is 2. The molecule has 8 nitrogen and oxygen atoms in total.